The lowest BCUT2D eigenvalue weighted by atomic mass is 10.0. The van der Waals surface area contributed by atoms with Gasteiger partial charge in [0.25, 0.3) is 0 Å². The summed E-state index contributed by atoms with van der Waals surface area (Å²) in [5, 5.41) is 11.6. The van der Waals surface area contributed by atoms with Gasteiger partial charge in [-0.25, -0.2) is 9.67 Å². The molecule has 0 aliphatic carbocycles. The van der Waals surface area contributed by atoms with Crippen molar-refractivity contribution in [2.24, 2.45) is 0 Å². The van der Waals surface area contributed by atoms with E-state index in [9.17, 15) is 0 Å². The van der Waals surface area contributed by atoms with Gasteiger partial charge < -0.3 is 4.74 Å². The van der Waals surface area contributed by atoms with Crippen LogP contribution in [0.2, 0.25) is 0 Å². The molecular weight excluding hydrogens is 298 g/mol. The van der Waals surface area contributed by atoms with Gasteiger partial charge in [-0.1, -0.05) is 19.1 Å². The summed E-state index contributed by atoms with van der Waals surface area (Å²) in [5.41, 5.74) is 2.30. The van der Waals surface area contributed by atoms with Crippen LogP contribution in [0.1, 0.15) is 48.6 Å². The number of fused-ring (bicyclic) bond motifs is 3. The lowest BCUT2D eigenvalue weighted by Gasteiger charge is -2.40. The number of rotatable bonds is 3. The van der Waals surface area contributed by atoms with Crippen LogP contribution in [0.4, 0.5) is 0 Å². The van der Waals surface area contributed by atoms with Crippen LogP contribution in [0.3, 0.4) is 0 Å². The number of piperidine rings is 1. The number of hydrogen-bond donors (Lipinski definition) is 0. The SMILES string of the molecule is CC(C)c1csc(CN2CC[C@@H]3[C@@H](C2)OCc2cnnn23)n1. The Labute approximate surface area is 134 Å². The number of thiazole rings is 1. The first-order valence-corrected chi connectivity index (χ1v) is 8.76. The fraction of sp³-hybridized carbons (Fsp3) is 0.667. The minimum Gasteiger partial charge on any atom is -0.368 e. The molecular formula is C15H21N5OS. The highest BCUT2D eigenvalue weighted by atomic mass is 32.1. The molecule has 22 heavy (non-hydrogen) atoms. The van der Waals surface area contributed by atoms with E-state index < -0.39 is 0 Å². The Morgan fingerprint density at radius 3 is 3.18 bits per heavy atom. The molecule has 0 amide bonds. The topological polar surface area (TPSA) is 56.1 Å². The Morgan fingerprint density at radius 2 is 2.36 bits per heavy atom. The molecule has 118 valence electrons. The first kappa shape index (κ1) is 14.3. The van der Waals surface area contributed by atoms with Gasteiger partial charge in [-0.15, -0.1) is 16.4 Å². The highest BCUT2D eigenvalue weighted by Crippen LogP contribution is 2.31. The maximum Gasteiger partial charge on any atom is 0.107 e. The molecule has 0 spiro atoms. The molecule has 4 heterocycles. The number of ether oxygens (including phenoxy) is 1. The van der Waals surface area contributed by atoms with Crippen molar-refractivity contribution in [3.05, 3.63) is 28.0 Å². The molecule has 2 atom stereocenters. The first-order chi connectivity index (χ1) is 10.7. The Bertz CT molecular complexity index is 652. The van der Waals surface area contributed by atoms with Crippen LogP contribution < -0.4 is 0 Å². The van der Waals surface area contributed by atoms with Crippen molar-refractivity contribution < 1.29 is 4.74 Å². The molecule has 6 nitrogen and oxygen atoms in total. The van der Waals surface area contributed by atoms with E-state index in [1.165, 1.54) is 10.7 Å². The van der Waals surface area contributed by atoms with E-state index in [4.69, 9.17) is 9.72 Å². The zero-order chi connectivity index (χ0) is 15.1. The normalized spacial score (nSPS) is 25.2. The lowest BCUT2D eigenvalue weighted by molar-refractivity contribution is -0.0704. The van der Waals surface area contributed by atoms with Gasteiger partial charge >= 0.3 is 0 Å². The largest absolute Gasteiger partial charge is 0.368 e. The lowest BCUT2D eigenvalue weighted by Crippen LogP contribution is -2.48. The molecule has 0 radical (unpaired) electrons. The second-order valence-electron chi connectivity index (χ2n) is 6.43. The van der Waals surface area contributed by atoms with Crippen LogP contribution in [0.25, 0.3) is 0 Å². The second-order valence-corrected chi connectivity index (χ2v) is 7.37. The third kappa shape index (κ3) is 2.57. The van der Waals surface area contributed by atoms with Crippen LogP contribution >= 0.6 is 11.3 Å². The molecule has 1 saturated heterocycles. The van der Waals surface area contributed by atoms with Crippen LogP contribution in [0.15, 0.2) is 11.6 Å². The summed E-state index contributed by atoms with van der Waals surface area (Å²) in [6.45, 7) is 7.93. The third-order valence-electron chi connectivity index (χ3n) is 4.54. The maximum absolute atomic E-state index is 6.02. The molecule has 7 heteroatoms. The summed E-state index contributed by atoms with van der Waals surface area (Å²) in [7, 11) is 0. The minimum atomic E-state index is 0.215. The molecule has 0 unspecified atom stereocenters. The molecule has 0 aromatic carbocycles. The second kappa shape index (κ2) is 5.72. The Morgan fingerprint density at radius 1 is 1.45 bits per heavy atom. The Balaban J connectivity index is 1.42. The van der Waals surface area contributed by atoms with Crippen molar-refractivity contribution >= 4 is 11.3 Å². The molecule has 2 aromatic rings. The van der Waals surface area contributed by atoms with Crippen LogP contribution in [-0.2, 0) is 17.9 Å². The molecule has 2 aliphatic rings. The van der Waals surface area contributed by atoms with Gasteiger partial charge in [-0.05, 0) is 12.3 Å². The van der Waals surface area contributed by atoms with E-state index in [2.05, 4.69) is 39.1 Å². The zero-order valence-corrected chi connectivity index (χ0v) is 13.8. The van der Waals surface area contributed by atoms with E-state index >= 15 is 0 Å². The van der Waals surface area contributed by atoms with E-state index in [0.29, 0.717) is 18.6 Å². The van der Waals surface area contributed by atoms with Crippen molar-refractivity contribution in [3.63, 3.8) is 0 Å². The molecule has 0 N–H and O–H groups in total. The smallest absolute Gasteiger partial charge is 0.107 e. The van der Waals surface area contributed by atoms with Crippen molar-refractivity contribution in [1.29, 1.82) is 0 Å². The van der Waals surface area contributed by atoms with Gasteiger partial charge in [-0.2, -0.15) is 0 Å². The highest BCUT2D eigenvalue weighted by molar-refractivity contribution is 7.09. The summed E-state index contributed by atoms with van der Waals surface area (Å²) in [6.07, 6.45) is 3.09. The van der Waals surface area contributed by atoms with E-state index in [0.717, 1.165) is 31.7 Å². The van der Waals surface area contributed by atoms with Crippen LogP contribution in [0.5, 0.6) is 0 Å². The molecule has 2 aromatic heterocycles. The van der Waals surface area contributed by atoms with E-state index in [-0.39, 0.29) is 6.10 Å². The quantitative estimate of drug-likeness (QED) is 0.868. The molecule has 2 aliphatic heterocycles. The first-order valence-electron chi connectivity index (χ1n) is 7.88. The maximum atomic E-state index is 6.02. The van der Waals surface area contributed by atoms with Gasteiger partial charge in [0.05, 0.1) is 42.9 Å². The fourth-order valence-corrected chi connectivity index (χ4v) is 4.25. The van der Waals surface area contributed by atoms with Crippen molar-refractivity contribution in [3.8, 4) is 0 Å². The van der Waals surface area contributed by atoms with E-state index in [1.54, 1.807) is 11.3 Å². The van der Waals surface area contributed by atoms with Crippen LogP contribution in [-0.4, -0.2) is 44.1 Å². The monoisotopic (exact) mass is 319 g/mol. The average Bonchev–Trinajstić information content (AvgIpc) is 3.15. The van der Waals surface area contributed by atoms with Gasteiger partial charge in [0.2, 0.25) is 0 Å². The van der Waals surface area contributed by atoms with Crippen molar-refractivity contribution in [2.45, 2.75) is 51.5 Å². The van der Waals surface area contributed by atoms with Crippen LogP contribution in [0, 0.1) is 0 Å². The minimum absolute atomic E-state index is 0.215. The summed E-state index contributed by atoms with van der Waals surface area (Å²) in [5.74, 6) is 0.503. The van der Waals surface area contributed by atoms with Gasteiger partial charge in [0.15, 0.2) is 0 Å². The summed E-state index contributed by atoms with van der Waals surface area (Å²) >= 11 is 1.77. The molecule has 0 saturated carbocycles. The fourth-order valence-electron chi connectivity index (χ4n) is 3.25. The Kier molecular flexibility index (Phi) is 3.71. The van der Waals surface area contributed by atoms with E-state index in [1.807, 2.05) is 6.20 Å². The number of likely N-dealkylation sites (tertiary alicyclic amines) is 1. The summed E-state index contributed by atoms with van der Waals surface area (Å²) < 4.78 is 8.08. The van der Waals surface area contributed by atoms with Crippen molar-refractivity contribution in [2.75, 3.05) is 13.1 Å². The predicted octanol–water partition coefficient (Wildman–Crippen LogP) is 2.20. The summed E-state index contributed by atoms with van der Waals surface area (Å²) in [4.78, 5) is 7.19. The molecule has 0 bridgehead atoms. The zero-order valence-electron chi connectivity index (χ0n) is 13.0. The number of nitrogens with zero attached hydrogens (tertiary/aromatic N) is 5. The molecule has 1 fully saturated rings. The number of aromatic nitrogens is 4. The molecule has 4 rings (SSSR count). The van der Waals surface area contributed by atoms with Crippen molar-refractivity contribution in [1.82, 2.24) is 24.9 Å². The summed E-state index contributed by atoms with van der Waals surface area (Å²) in [6, 6.07) is 0.338. The van der Waals surface area contributed by atoms with Gasteiger partial charge in [-0.3, -0.25) is 4.90 Å². The van der Waals surface area contributed by atoms with Gasteiger partial charge in [0.1, 0.15) is 5.01 Å². The Hall–Kier alpha value is -1.31. The average molecular weight is 319 g/mol. The third-order valence-corrected chi connectivity index (χ3v) is 5.39. The standard InChI is InChI=1S/C15H21N5OS/c1-10(2)12-9-22-15(17-12)7-19-4-3-13-14(6-19)21-8-11-5-16-18-20(11)13/h5,9-10,13-14H,3-4,6-8H2,1-2H3/t13-,14-/m1/s1. The van der Waals surface area contributed by atoms with Gasteiger partial charge in [0, 0.05) is 18.5 Å². The predicted molar refractivity (Wildman–Crippen MR) is 83.7 cm³/mol. The number of hydrogen-bond acceptors (Lipinski definition) is 6. The highest BCUT2D eigenvalue weighted by Gasteiger charge is 2.36.